The highest BCUT2D eigenvalue weighted by molar-refractivity contribution is 5.77. The Morgan fingerprint density at radius 2 is 1.95 bits per heavy atom. The van der Waals surface area contributed by atoms with Crippen LogP contribution in [0.15, 0.2) is 60.9 Å². The number of hydrogen-bond donors (Lipinski definition) is 1. The van der Waals surface area contributed by atoms with Gasteiger partial charge in [0.1, 0.15) is 12.4 Å². The second-order valence-electron chi connectivity index (χ2n) is 10.6. The molecule has 8 heteroatoms. The number of rotatable bonds is 9. The van der Waals surface area contributed by atoms with Crippen LogP contribution in [0.2, 0.25) is 0 Å². The van der Waals surface area contributed by atoms with Gasteiger partial charge in [-0.15, -0.1) is 0 Å². The quantitative estimate of drug-likeness (QED) is 0.336. The molecular weight excluding hydrogens is 488 g/mol. The summed E-state index contributed by atoms with van der Waals surface area (Å²) in [6.07, 6.45) is 8.60. The zero-order valence-corrected chi connectivity index (χ0v) is 22.5. The number of hydrogen-bond acceptors (Lipinski definition) is 7. The minimum absolute atomic E-state index is 0.302. The van der Waals surface area contributed by atoms with Crippen LogP contribution in [-0.4, -0.2) is 50.2 Å². The van der Waals surface area contributed by atoms with Crippen LogP contribution in [0.1, 0.15) is 53.5 Å². The second-order valence-corrected chi connectivity index (χ2v) is 10.6. The Kier molecular flexibility index (Phi) is 7.56. The van der Waals surface area contributed by atoms with Gasteiger partial charge in [0.05, 0.1) is 35.9 Å². The summed E-state index contributed by atoms with van der Waals surface area (Å²) < 4.78 is 14.2. The molecule has 1 aromatic carbocycles. The maximum absolute atomic E-state index is 6.03. The van der Waals surface area contributed by atoms with Crippen LogP contribution in [0.3, 0.4) is 0 Å². The third kappa shape index (κ3) is 5.97. The van der Waals surface area contributed by atoms with Gasteiger partial charge in [-0.2, -0.15) is 0 Å². The van der Waals surface area contributed by atoms with Gasteiger partial charge in [0, 0.05) is 30.5 Å². The Bertz CT molecular complexity index is 1450. The molecule has 2 aliphatic rings. The van der Waals surface area contributed by atoms with Gasteiger partial charge in [0.15, 0.2) is 0 Å². The van der Waals surface area contributed by atoms with Crippen molar-refractivity contribution in [1.29, 1.82) is 0 Å². The molecular formula is C31H36N6O2. The van der Waals surface area contributed by atoms with Crippen LogP contribution < -0.4 is 10.5 Å². The average molecular weight is 525 g/mol. The van der Waals surface area contributed by atoms with Crippen LogP contribution in [0.4, 0.5) is 0 Å². The minimum atomic E-state index is 0.302. The fraction of sp³-hybridized carbons (Fsp3) is 0.387. The van der Waals surface area contributed by atoms with Crippen LogP contribution >= 0.6 is 0 Å². The Morgan fingerprint density at radius 1 is 1.08 bits per heavy atom. The zero-order chi connectivity index (χ0) is 26.6. The minimum Gasteiger partial charge on any atom is -0.473 e. The molecule has 2 fully saturated rings. The molecule has 202 valence electrons. The van der Waals surface area contributed by atoms with Crippen molar-refractivity contribution in [1.82, 2.24) is 24.4 Å². The Morgan fingerprint density at radius 3 is 2.74 bits per heavy atom. The molecule has 1 atom stereocenters. The summed E-state index contributed by atoms with van der Waals surface area (Å²) in [6, 6.07) is 16.6. The summed E-state index contributed by atoms with van der Waals surface area (Å²) in [5.74, 6) is 2.22. The standard InChI is InChI=1S/C31H36N6O2/c1-22-5-6-28-29(17-22)37(19-26-11-16-38-26)30(34-28)20-36-14-9-24(10-15-36)27-3-2-4-31(35-27)39-21-23-8-13-33-25(18-23)7-12-32/h2-8,12-13,17-18,24,26H,9-11,14-16,19-21,32H2,1H3. The van der Waals surface area contributed by atoms with Crippen molar-refractivity contribution in [2.45, 2.75) is 57.9 Å². The van der Waals surface area contributed by atoms with Gasteiger partial charge in [-0.05, 0) is 93.0 Å². The smallest absolute Gasteiger partial charge is 0.213 e. The lowest BCUT2D eigenvalue weighted by atomic mass is 9.93. The number of pyridine rings is 2. The number of piperidine rings is 1. The first kappa shape index (κ1) is 25.5. The lowest BCUT2D eigenvalue weighted by molar-refractivity contribution is -0.0592. The average Bonchev–Trinajstić information content (AvgIpc) is 3.26. The van der Waals surface area contributed by atoms with E-state index in [4.69, 9.17) is 25.2 Å². The lowest BCUT2D eigenvalue weighted by Crippen LogP contribution is -2.35. The molecule has 0 spiro atoms. The van der Waals surface area contributed by atoms with Gasteiger partial charge in [0.2, 0.25) is 5.88 Å². The van der Waals surface area contributed by atoms with E-state index in [9.17, 15) is 0 Å². The van der Waals surface area contributed by atoms with Gasteiger partial charge in [-0.1, -0.05) is 12.1 Å². The normalized spacial score (nSPS) is 18.5. The van der Waals surface area contributed by atoms with Gasteiger partial charge >= 0.3 is 0 Å². The van der Waals surface area contributed by atoms with Crippen molar-refractivity contribution in [2.24, 2.45) is 5.73 Å². The Balaban J connectivity index is 1.08. The van der Waals surface area contributed by atoms with Crippen molar-refractivity contribution >= 4 is 17.1 Å². The predicted molar refractivity (Wildman–Crippen MR) is 152 cm³/mol. The maximum Gasteiger partial charge on any atom is 0.213 e. The van der Waals surface area contributed by atoms with E-state index in [0.29, 0.717) is 24.5 Å². The summed E-state index contributed by atoms with van der Waals surface area (Å²) >= 11 is 0. The van der Waals surface area contributed by atoms with Crippen molar-refractivity contribution in [3.63, 3.8) is 0 Å². The number of aromatic nitrogens is 4. The van der Waals surface area contributed by atoms with Crippen LogP contribution in [0.5, 0.6) is 5.88 Å². The highest BCUT2D eigenvalue weighted by atomic mass is 16.5. The summed E-state index contributed by atoms with van der Waals surface area (Å²) in [5.41, 5.74) is 12.0. The first-order valence-electron chi connectivity index (χ1n) is 13.9. The monoisotopic (exact) mass is 524 g/mol. The molecule has 0 bridgehead atoms. The number of likely N-dealkylation sites (tertiary alicyclic amines) is 1. The van der Waals surface area contributed by atoms with E-state index in [1.807, 2.05) is 24.3 Å². The highest BCUT2D eigenvalue weighted by Gasteiger charge is 2.26. The van der Waals surface area contributed by atoms with Crippen molar-refractivity contribution in [3.05, 3.63) is 89.3 Å². The first-order valence-corrected chi connectivity index (χ1v) is 13.9. The summed E-state index contributed by atoms with van der Waals surface area (Å²) in [5, 5.41) is 0. The van der Waals surface area contributed by atoms with E-state index in [1.165, 1.54) is 17.3 Å². The number of imidazole rings is 1. The molecule has 2 aliphatic heterocycles. The van der Waals surface area contributed by atoms with Gasteiger partial charge in [-0.3, -0.25) is 9.88 Å². The van der Waals surface area contributed by atoms with E-state index in [-0.39, 0.29) is 0 Å². The lowest BCUT2D eigenvalue weighted by Gasteiger charge is -2.32. The van der Waals surface area contributed by atoms with Crippen molar-refractivity contribution in [2.75, 3.05) is 19.7 Å². The highest BCUT2D eigenvalue weighted by Crippen LogP contribution is 2.30. The van der Waals surface area contributed by atoms with E-state index in [0.717, 1.165) is 80.3 Å². The van der Waals surface area contributed by atoms with E-state index >= 15 is 0 Å². The predicted octanol–water partition coefficient (Wildman–Crippen LogP) is 4.81. The third-order valence-electron chi connectivity index (χ3n) is 7.78. The number of fused-ring (bicyclic) bond motifs is 1. The number of benzene rings is 1. The van der Waals surface area contributed by atoms with Gasteiger partial charge in [0.25, 0.3) is 0 Å². The molecule has 6 rings (SSSR count). The van der Waals surface area contributed by atoms with Gasteiger partial charge < -0.3 is 19.8 Å². The second kappa shape index (κ2) is 11.6. The number of nitrogens with zero attached hydrogens (tertiary/aromatic N) is 5. The number of nitrogens with two attached hydrogens (primary N) is 1. The maximum atomic E-state index is 6.03. The molecule has 0 saturated carbocycles. The number of ether oxygens (including phenoxy) is 2. The summed E-state index contributed by atoms with van der Waals surface area (Å²) in [7, 11) is 0. The summed E-state index contributed by atoms with van der Waals surface area (Å²) in [4.78, 5) is 16.7. The SMILES string of the molecule is Cc1ccc2nc(CN3CCC(c4cccc(OCc5ccnc(C=CN)c5)n4)CC3)n(CC3CCO3)c2c1. The largest absolute Gasteiger partial charge is 0.473 e. The molecule has 0 amide bonds. The molecule has 0 aliphatic carbocycles. The Labute approximate surface area is 229 Å². The fourth-order valence-electron chi connectivity index (χ4n) is 5.50. The molecule has 5 heterocycles. The molecule has 2 N–H and O–H groups in total. The summed E-state index contributed by atoms with van der Waals surface area (Å²) in [6.45, 7) is 7.24. The fourth-order valence-corrected chi connectivity index (χ4v) is 5.50. The molecule has 0 radical (unpaired) electrons. The molecule has 8 nitrogen and oxygen atoms in total. The zero-order valence-electron chi connectivity index (χ0n) is 22.5. The van der Waals surface area contributed by atoms with Crippen LogP contribution in [0, 0.1) is 6.92 Å². The topological polar surface area (TPSA) is 91.3 Å². The first-order chi connectivity index (χ1) is 19.1. The van der Waals surface area contributed by atoms with Crippen molar-refractivity contribution < 1.29 is 9.47 Å². The molecule has 3 aromatic heterocycles. The van der Waals surface area contributed by atoms with Crippen LogP contribution in [0.25, 0.3) is 17.1 Å². The molecule has 39 heavy (non-hydrogen) atoms. The molecule has 1 unspecified atom stereocenters. The molecule has 2 saturated heterocycles. The Hall–Kier alpha value is -3.75. The van der Waals surface area contributed by atoms with Crippen LogP contribution in [-0.2, 0) is 24.4 Å². The molecule has 4 aromatic rings. The van der Waals surface area contributed by atoms with E-state index in [1.54, 1.807) is 12.3 Å². The van der Waals surface area contributed by atoms with E-state index in [2.05, 4.69) is 45.6 Å². The number of aryl methyl sites for hydroxylation is 1. The van der Waals surface area contributed by atoms with E-state index < -0.39 is 0 Å². The van der Waals surface area contributed by atoms with Gasteiger partial charge in [-0.25, -0.2) is 9.97 Å². The van der Waals surface area contributed by atoms with Crippen molar-refractivity contribution in [3.8, 4) is 5.88 Å². The third-order valence-corrected chi connectivity index (χ3v) is 7.78.